The standard InChI is InChI=1S/C25H27N3O6S2/c1-27(23-7-3-4-8-24(23)34-2)35(30,31)21-13-9-19(10-14-21)25(29)26-20-11-15-22(16-12-20)36(32,33)28-17-5-6-18-28/h3-4,7-16H,5-6,17-18H2,1-2H3,(H,26,29). The molecule has 0 unspecified atom stereocenters. The molecule has 4 rings (SSSR count). The molecule has 1 saturated heterocycles. The third-order valence-electron chi connectivity index (χ3n) is 6.01. The topological polar surface area (TPSA) is 113 Å². The summed E-state index contributed by atoms with van der Waals surface area (Å²) in [5.41, 5.74) is 1.06. The lowest BCUT2D eigenvalue weighted by atomic mass is 10.2. The molecule has 1 aliphatic rings. The molecule has 0 aliphatic carbocycles. The summed E-state index contributed by atoms with van der Waals surface area (Å²) in [4.78, 5) is 12.9. The molecule has 3 aromatic carbocycles. The summed E-state index contributed by atoms with van der Waals surface area (Å²) in [7, 11) is -4.53. The van der Waals surface area contributed by atoms with E-state index < -0.39 is 26.0 Å². The van der Waals surface area contributed by atoms with Crippen LogP contribution in [-0.4, -0.2) is 54.3 Å². The Hall–Kier alpha value is -3.41. The van der Waals surface area contributed by atoms with Gasteiger partial charge in [-0.2, -0.15) is 4.31 Å². The van der Waals surface area contributed by atoms with Crippen LogP contribution in [0.1, 0.15) is 23.2 Å². The largest absolute Gasteiger partial charge is 0.495 e. The van der Waals surface area contributed by atoms with Gasteiger partial charge in [-0.15, -0.1) is 0 Å². The Morgan fingerprint density at radius 2 is 1.44 bits per heavy atom. The second kappa shape index (κ2) is 10.3. The maximum Gasteiger partial charge on any atom is 0.264 e. The van der Waals surface area contributed by atoms with E-state index in [0.29, 0.717) is 30.2 Å². The Morgan fingerprint density at radius 3 is 2.06 bits per heavy atom. The lowest BCUT2D eigenvalue weighted by Gasteiger charge is -2.21. The van der Waals surface area contributed by atoms with E-state index >= 15 is 0 Å². The number of amides is 1. The zero-order valence-electron chi connectivity index (χ0n) is 19.9. The van der Waals surface area contributed by atoms with Crippen LogP contribution in [0.5, 0.6) is 5.75 Å². The summed E-state index contributed by atoms with van der Waals surface area (Å²) >= 11 is 0. The van der Waals surface area contributed by atoms with Crippen molar-refractivity contribution in [1.29, 1.82) is 0 Å². The highest BCUT2D eigenvalue weighted by Gasteiger charge is 2.27. The smallest absolute Gasteiger partial charge is 0.264 e. The number of carbonyl (C=O) groups excluding carboxylic acids is 1. The predicted octanol–water partition coefficient (Wildman–Crippen LogP) is 3.56. The predicted molar refractivity (Wildman–Crippen MR) is 137 cm³/mol. The maximum atomic E-state index is 13.1. The van der Waals surface area contributed by atoms with Gasteiger partial charge in [0.1, 0.15) is 5.75 Å². The summed E-state index contributed by atoms with van der Waals surface area (Å²) in [6.07, 6.45) is 1.70. The average molecular weight is 530 g/mol. The number of nitrogens with one attached hydrogen (secondary N) is 1. The third kappa shape index (κ3) is 5.08. The molecule has 0 spiro atoms. The number of benzene rings is 3. The highest BCUT2D eigenvalue weighted by atomic mass is 32.2. The van der Waals surface area contributed by atoms with Crippen LogP contribution in [-0.2, 0) is 20.0 Å². The number of hydrogen-bond acceptors (Lipinski definition) is 6. The average Bonchev–Trinajstić information content (AvgIpc) is 3.45. The van der Waals surface area contributed by atoms with Gasteiger partial charge in [0.15, 0.2) is 0 Å². The van der Waals surface area contributed by atoms with E-state index in [2.05, 4.69) is 5.32 Å². The van der Waals surface area contributed by atoms with Crippen LogP contribution in [0.15, 0.2) is 82.6 Å². The minimum absolute atomic E-state index is 0.0175. The maximum absolute atomic E-state index is 13.1. The fourth-order valence-electron chi connectivity index (χ4n) is 3.95. The van der Waals surface area contributed by atoms with E-state index in [-0.39, 0.29) is 15.4 Å². The third-order valence-corrected chi connectivity index (χ3v) is 9.71. The highest BCUT2D eigenvalue weighted by Crippen LogP contribution is 2.31. The van der Waals surface area contributed by atoms with Crippen LogP contribution in [0.3, 0.4) is 0 Å². The Bertz CT molecular complexity index is 1450. The van der Waals surface area contributed by atoms with Crippen molar-refractivity contribution in [3.05, 3.63) is 78.4 Å². The summed E-state index contributed by atoms with van der Waals surface area (Å²) in [6.45, 7) is 1.03. The van der Waals surface area contributed by atoms with Gasteiger partial charge >= 0.3 is 0 Å². The number of methoxy groups -OCH3 is 1. The fourth-order valence-corrected chi connectivity index (χ4v) is 6.67. The Kier molecular flexibility index (Phi) is 7.34. The van der Waals surface area contributed by atoms with Crippen molar-refractivity contribution >= 4 is 37.3 Å². The zero-order chi connectivity index (χ0) is 25.9. The summed E-state index contributed by atoms with van der Waals surface area (Å²) in [6, 6.07) is 18.3. The molecule has 0 radical (unpaired) electrons. The lowest BCUT2D eigenvalue weighted by Crippen LogP contribution is -2.27. The molecule has 1 fully saturated rings. The number of para-hydroxylation sites is 2. The first-order chi connectivity index (χ1) is 17.1. The number of hydrogen-bond donors (Lipinski definition) is 1. The van der Waals surface area contributed by atoms with Crippen molar-refractivity contribution in [1.82, 2.24) is 4.31 Å². The molecule has 11 heteroatoms. The van der Waals surface area contributed by atoms with Crippen molar-refractivity contribution < 1.29 is 26.4 Å². The first kappa shape index (κ1) is 25.7. The van der Waals surface area contributed by atoms with Gasteiger partial charge in [-0.25, -0.2) is 16.8 Å². The van der Waals surface area contributed by atoms with Crippen LogP contribution in [0.4, 0.5) is 11.4 Å². The molecule has 36 heavy (non-hydrogen) atoms. The monoisotopic (exact) mass is 529 g/mol. The van der Waals surface area contributed by atoms with Gasteiger partial charge in [0.25, 0.3) is 15.9 Å². The molecule has 9 nitrogen and oxygen atoms in total. The van der Waals surface area contributed by atoms with Crippen molar-refractivity contribution in [3.63, 3.8) is 0 Å². The van der Waals surface area contributed by atoms with Crippen molar-refractivity contribution in [2.24, 2.45) is 0 Å². The van der Waals surface area contributed by atoms with Gasteiger partial charge in [-0.1, -0.05) is 12.1 Å². The van der Waals surface area contributed by atoms with E-state index in [1.54, 1.807) is 24.3 Å². The SMILES string of the molecule is COc1ccccc1N(C)S(=O)(=O)c1ccc(C(=O)Nc2ccc(S(=O)(=O)N3CCCC3)cc2)cc1. The second-order valence-corrected chi connectivity index (χ2v) is 12.2. The van der Waals surface area contributed by atoms with Crippen molar-refractivity contribution in [3.8, 4) is 5.75 Å². The number of nitrogens with zero attached hydrogens (tertiary/aromatic N) is 2. The quantitative estimate of drug-likeness (QED) is 0.478. The number of rotatable bonds is 8. The molecule has 0 saturated carbocycles. The lowest BCUT2D eigenvalue weighted by molar-refractivity contribution is 0.102. The van der Waals surface area contributed by atoms with E-state index in [1.165, 1.54) is 67.0 Å². The molecule has 1 heterocycles. The van der Waals surface area contributed by atoms with Gasteiger partial charge in [-0.3, -0.25) is 9.10 Å². The first-order valence-corrected chi connectivity index (χ1v) is 14.2. The van der Waals surface area contributed by atoms with Crippen LogP contribution in [0.25, 0.3) is 0 Å². The molecule has 3 aromatic rings. The fraction of sp³-hybridized carbons (Fsp3) is 0.240. The second-order valence-electron chi connectivity index (χ2n) is 8.26. The van der Waals surface area contributed by atoms with Gasteiger partial charge in [0.2, 0.25) is 10.0 Å². The Labute approximate surface area is 211 Å². The zero-order valence-corrected chi connectivity index (χ0v) is 21.6. The van der Waals surface area contributed by atoms with E-state index in [1.807, 2.05) is 0 Å². The summed E-state index contributed by atoms with van der Waals surface area (Å²) in [5, 5.41) is 2.70. The van der Waals surface area contributed by atoms with E-state index in [0.717, 1.165) is 17.1 Å². The molecule has 0 atom stereocenters. The normalized spacial score (nSPS) is 14.4. The Balaban J connectivity index is 1.46. The number of sulfonamides is 2. The molecule has 1 N–H and O–H groups in total. The van der Waals surface area contributed by atoms with Gasteiger partial charge in [-0.05, 0) is 73.5 Å². The minimum Gasteiger partial charge on any atom is -0.495 e. The van der Waals surface area contributed by atoms with Crippen LogP contribution < -0.4 is 14.4 Å². The van der Waals surface area contributed by atoms with Crippen molar-refractivity contribution in [2.45, 2.75) is 22.6 Å². The number of carbonyl (C=O) groups is 1. The highest BCUT2D eigenvalue weighted by molar-refractivity contribution is 7.92. The van der Waals surface area contributed by atoms with Crippen LogP contribution >= 0.6 is 0 Å². The van der Waals surface area contributed by atoms with Gasteiger partial charge in [0.05, 0.1) is 22.6 Å². The summed E-state index contributed by atoms with van der Waals surface area (Å²) < 4.78 is 59.4. The van der Waals surface area contributed by atoms with Crippen molar-refractivity contribution in [2.75, 3.05) is 36.9 Å². The molecule has 0 aromatic heterocycles. The Morgan fingerprint density at radius 1 is 0.861 bits per heavy atom. The van der Waals surface area contributed by atoms with E-state index in [9.17, 15) is 21.6 Å². The number of ether oxygens (including phenoxy) is 1. The van der Waals surface area contributed by atoms with Gasteiger partial charge < -0.3 is 10.1 Å². The minimum atomic E-state index is -3.89. The first-order valence-electron chi connectivity index (χ1n) is 11.3. The molecule has 0 bridgehead atoms. The van der Waals surface area contributed by atoms with E-state index in [4.69, 9.17) is 4.74 Å². The molecule has 190 valence electrons. The number of anilines is 2. The van der Waals surface area contributed by atoms with Crippen LogP contribution in [0.2, 0.25) is 0 Å². The van der Waals surface area contributed by atoms with Crippen LogP contribution in [0, 0.1) is 0 Å². The van der Waals surface area contributed by atoms with Gasteiger partial charge in [0, 0.05) is 31.4 Å². The molecular weight excluding hydrogens is 502 g/mol. The molecule has 1 aliphatic heterocycles. The molecule has 1 amide bonds. The summed E-state index contributed by atoms with van der Waals surface area (Å²) in [5.74, 6) is -0.0361. The molecular formula is C25H27N3O6S2.